The van der Waals surface area contributed by atoms with Crippen molar-refractivity contribution in [3.63, 3.8) is 0 Å². The lowest BCUT2D eigenvalue weighted by atomic mass is 10.2. The second-order valence-corrected chi connectivity index (χ2v) is 5.99. The number of amides is 1. The Bertz CT molecular complexity index is 992. The van der Waals surface area contributed by atoms with E-state index in [-0.39, 0.29) is 12.7 Å². The first-order chi connectivity index (χ1) is 13.7. The molecule has 0 saturated heterocycles. The molecule has 0 saturated carbocycles. The Morgan fingerprint density at radius 1 is 1.04 bits per heavy atom. The third kappa shape index (κ3) is 3.80. The SMILES string of the molecule is COc1ccccc1CNc1ccc(NC(=O)c2ccc3c(c2)OCO3)nn1. The van der Waals surface area contributed by atoms with E-state index in [0.717, 1.165) is 11.3 Å². The maximum Gasteiger partial charge on any atom is 0.257 e. The van der Waals surface area contributed by atoms with Crippen molar-refractivity contribution in [3.05, 3.63) is 65.7 Å². The summed E-state index contributed by atoms with van der Waals surface area (Å²) in [6, 6.07) is 16.2. The summed E-state index contributed by atoms with van der Waals surface area (Å²) in [5.41, 5.74) is 1.46. The second kappa shape index (κ2) is 7.83. The van der Waals surface area contributed by atoms with E-state index in [4.69, 9.17) is 14.2 Å². The van der Waals surface area contributed by atoms with Crippen LogP contribution in [0.4, 0.5) is 11.6 Å². The lowest BCUT2D eigenvalue weighted by Crippen LogP contribution is -2.13. The monoisotopic (exact) mass is 378 g/mol. The molecule has 0 fully saturated rings. The number of aromatic nitrogens is 2. The van der Waals surface area contributed by atoms with E-state index in [1.807, 2.05) is 24.3 Å². The lowest BCUT2D eigenvalue weighted by Gasteiger charge is -2.10. The van der Waals surface area contributed by atoms with E-state index in [9.17, 15) is 4.79 Å². The Morgan fingerprint density at radius 3 is 2.64 bits per heavy atom. The molecule has 1 aromatic heterocycles. The van der Waals surface area contributed by atoms with Gasteiger partial charge in [-0.25, -0.2) is 0 Å². The molecule has 0 spiro atoms. The minimum absolute atomic E-state index is 0.162. The maximum atomic E-state index is 12.4. The number of fused-ring (bicyclic) bond motifs is 1. The van der Waals surface area contributed by atoms with Crippen LogP contribution in [0.1, 0.15) is 15.9 Å². The van der Waals surface area contributed by atoms with E-state index in [1.54, 1.807) is 37.4 Å². The first-order valence-corrected chi connectivity index (χ1v) is 8.63. The largest absolute Gasteiger partial charge is 0.496 e. The van der Waals surface area contributed by atoms with Crippen LogP contribution >= 0.6 is 0 Å². The normalized spacial score (nSPS) is 11.8. The van der Waals surface area contributed by atoms with E-state index >= 15 is 0 Å². The molecule has 4 rings (SSSR count). The van der Waals surface area contributed by atoms with Crippen LogP contribution in [0.25, 0.3) is 0 Å². The molecule has 0 radical (unpaired) electrons. The molecule has 142 valence electrons. The van der Waals surface area contributed by atoms with Crippen molar-refractivity contribution in [3.8, 4) is 17.2 Å². The van der Waals surface area contributed by atoms with E-state index < -0.39 is 0 Å². The fraction of sp³-hybridized carbons (Fsp3) is 0.150. The van der Waals surface area contributed by atoms with Crippen LogP contribution in [0, 0.1) is 0 Å². The molecule has 8 heteroatoms. The molecule has 0 unspecified atom stereocenters. The van der Waals surface area contributed by atoms with Crippen molar-refractivity contribution in [2.75, 3.05) is 24.5 Å². The van der Waals surface area contributed by atoms with Gasteiger partial charge in [-0.1, -0.05) is 18.2 Å². The summed E-state index contributed by atoms with van der Waals surface area (Å²) < 4.78 is 15.9. The first-order valence-electron chi connectivity index (χ1n) is 8.63. The number of nitrogens with one attached hydrogen (secondary N) is 2. The highest BCUT2D eigenvalue weighted by molar-refractivity contribution is 6.04. The van der Waals surface area contributed by atoms with Gasteiger partial charge in [-0.05, 0) is 36.4 Å². The molecule has 8 nitrogen and oxygen atoms in total. The van der Waals surface area contributed by atoms with Crippen LogP contribution in [0.15, 0.2) is 54.6 Å². The highest BCUT2D eigenvalue weighted by Crippen LogP contribution is 2.32. The lowest BCUT2D eigenvalue weighted by molar-refractivity contribution is 0.102. The zero-order valence-electron chi connectivity index (χ0n) is 15.1. The van der Waals surface area contributed by atoms with Crippen molar-refractivity contribution in [1.29, 1.82) is 0 Å². The molecular weight excluding hydrogens is 360 g/mol. The number of anilines is 2. The van der Waals surface area contributed by atoms with Crippen molar-refractivity contribution < 1.29 is 19.0 Å². The van der Waals surface area contributed by atoms with Crippen LogP contribution < -0.4 is 24.8 Å². The highest BCUT2D eigenvalue weighted by atomic mass is 16.7. The summed E-state index contributed by atoms with van der Waals surface area (Å²) >= 11 is 0. The van der Waals surface area contributed by atoms with E-state index in [0.29, 0.717) is 35.2 Å². The summed E-state index contributed by atoms with van der Waals surface area (Å²) in [5.74, 6) is 2.62. The van der Waals surface area contributed by atoms with Crippen molar-refractivity contribution in [2.24, 2.45) is 0 Å². The van der Waals surface area contributed by atoms with Crippen molar-refractivity contribution >= 4 is 17.5 Å². The van der Waals surface area contributed by atoms with Gasteiger partial charge in [0.05, 0.1) is 7.11 Å². The molecule has 0 bridgehead atoms. The zero-order valence-corrected chi connectivity index (χ0v) is 15.1. The summed E-state index contributed by atoms with van der Waals surface area (Å²) in [7, 11) is 1.64. The molecule has 1 aliphatic heterocycles. The molecule has 0 aliphatic carbocycles. The summed E-state index contributed by atoms with van der Waals surface area (Å²) in [6.45, 7) is 0.705. The van der Waals surface area contributed by atoms with Gasteiger partial charge in [0.15, 0.2) is 17.3 Å². The quantitative estimate of drug-likeness (QED) is 0.681. The molecule has 1 amide bonds. The van der Waals surface area contributed by atoms with Crippen LogP contribution in [-0.4, -0.2) is 30.0 Å². The Hall–Kier alpha value is -3.81. The van der Waals surface area contributed by atoms with Crippen LogP contribution in [0.2, 0.25) is 0 Å². The standard InChI is InChI=1S/C20H18N4O4/c1-26-15-5-3-2-4-14(15)11-21-18-8-9-19(24-23-18)22-20(25)13-6-7-16-17(10-13)28-12-27-16/h2-10H,11-12H2,1H3,(H,21,23)(H,22,24,25). The molecule has 3 aromatic rings. The summed E-state index contributed by atoms with van der Waals surface area (Å²) in [6.07, 6.45) is 0. The number of carbonyl (C=O) groups is 1. The molecule has 1 aliphatic rings. The van der Waals surface area contributed by atoms with Gasteiger partial charge in [-0.2, -0.15) is 0 Å². The number of carbonyl (C=O) groups excluding carboxylic acids is 1. The maximum absolute atomic E-state index is 12.4. The number of hydrogen-bond donors (Lipinski definition) is 2. The van der Waals surface area contributed by atoms with Gasteiger partial charge < -0.3 is 24.8 Å². The molecule has 2 N–H and O–H groups in total. The summed E-state index contributed by atoms with van der Waals surface area (Å²) in [5, 5.41) is 14.0. The Morgan fingerprint density at radius 2 is 1.82 bits per heavy atom. The number of hydrogen-bond acceptors (Lipinski definition) is 7. The highest BCUT2D eigenvalue weighted by Gasteiger charge is 2.16. The third-order valence-electron chi connectivity index (χ3n) is 4.19. The molecule has 2 heterocycles. The minimum Gasteiger partial charge on any atom is -0.496 e. The van der Waals surface area contributed by atoms with Gasteiger partial charge in [-0.15, -0.1) is 10.2 Å². The van der Waals surface area contributed by atoms with Crippen molar-refractivity contribution in [1.82, 2.24) is 10.2 Å². The third-order valence-corrected chi connectivity index (χ3v) is 4.19. The van der Waals surface area contributed by atoms with Gasteiger partial charge in [0, 0.05) is 17.7 Å². The number of methoxy groups -OCH3 is 1. The number of ether oxygens (including phenoxy) is 3. The number of nitrogens with zero attached hydrogens (tertiary/aromatic N) is 2. The molecule has 28 heavy (non-hydrogen) atoms. The molecular formula is C20H18N4O4. The number of benzene rings is 2. The van der Waals surface area contributed by atoms with Gasteiger partial charge in [0.25, 0.3) is 5.91 Å². The van der Waals surface area contributed by atoms with Gasteiger partial charge in [-0.3, -0.25) is 4.79 Å². The number of rotatable bonds is 6. The van der Waals surface area contributed by atoms with E-state index in [2.05, 4.69) is 20.8 Å². The molecule has 0 atom stereocenters. The predicted molar refractivity (Wildman–Crippen MR) is 103 cm³/mol. The van der Waals surface area contributed by atoms with E-state index in [1.165, 1.54) is 0 Å². The molecule has 2 aromatic carbocycles. The predicted octanol–water partition coefficient (Wildman–Crippen LogP) is 3.08. The average Bonchev–Trinajstić information content (AvgIpc) is 3.21. The fourth-order valence-electron chi connectivity index (χ4n) is 2.75. The first kappa shape index (κ1) is 17.6. The Labute approximate surface area is 161 Å². The van der Waals surface area contributed by atoms with Crippen LogP contribution in [0.5, 0.6) is 17.2 Å². The van der Waals surface area contributed by atoms with Gasteiger partial charge in [0.1, 0.15) is 11.6 Å². The fourth-order valence-corrected chi connectivity index (χ4v) is 2.75. The minimum atomic E-state index is -0.303. The zero-order chi connectivity index (χ0) is 19.3. The topological polar surface area (TPSA) is 94.6 Å². The van der Waals surface area contributed by atoms with Crippen LogP contribution in [-0.2, 0) is 6.54 Å². The smallest absolute Gasteiger partial charge is 0.257 e. The van der Waals surface area contributed by atoms with Gasteiger partial charge in [0.2, 0.25) is 6.79 Å². The number of para-hydroxylation sites is 1. The summed E-state index contributed by atoms with van der Waals surface area (Å²) in [4.78, 5) is 12.4. The van der Waals surface area contributed by atoms with Crippen LogP contribution in [0.3, 0.4) is 0 Å². The Balaban J connectivity index is 1.37. The van der Waals surface area contributed by atoms with Crippen molar-refractivity contribution in [2.45, 2.75) is 6.54 Å². The van der Waals surface area contributed by atoms with Gasteiger partial charge >= 0.3 is 0 Å². The Kier molecular flexibility index (Phi) is 4.92. The second-order valence-electron chi connectivity index (χ2n) is 5.99. The average molecular weight is 378 g/mol.